The fourth-order valence-corrected chi connectivity index (χ4v) is 3.02. The number of rotatable bonds is 1. The molecule has 0 saturated carbocycles. The second-order valence-corrected chi connectivity index (χ2v) is 5.52. The lowest BCUT2D eigenvalue weighted by Gasteiger charge is -2.44. The number of carbonyl (C=O) groups is 1. The third-order valence-corrected chi connectivity index (χ3v) is 3.91. The van der Waals surface area contributed by atoms with Crippen LogP contribution >= 0.6 is 0 Å². The van der Waals surface area contributed by atoms with Gasteiger partial charge in [-0.3, -0.25) is 0 Å². The first-order valence-electron chi connectivity index (χ1n) is 6.87. The monoisotopic (exact) mass is 290 g/mol. The number of hydrogen-bond donors (Lipinski definition) is 1. The molecule has 112 valence electrons. The number of carboxylic acid groups (broad SMARTS) is 1. The van der Waals surface area contributed by atoms with Crippen LogP contribution in [0.2, 0.25) is 0 Å². The van der Waals surface area contributed by atoms with Crippen molar-refractivity contribution in [3.8, 4) is 0 Å². The second-order valence-electron chi connectivity index (χ2n) is 5.52. The maximum atomic E-state index is 11.2. The zero-order valence-corrected chi connectivity index (χ0v) is 12.3. The van der Waals surface area contributed by atoms with Crippen molar-refractivity contribution in [3.05, 3.63) is 12.7 Å². The third kappa shape index (κ3) is 2.16. The molecule has 0 spiro atoms. The molecule has 3 heterocycles. The summed E-state index contributed by atoms with van der Waals surface area (Å²) in [5.74, 6) is 0.769. The van der Waals surface area contributed by atoms with Gasteiger partial charge in [-0.2, -0.15) is 0 Å². The highest BCUT2D eigenvalue weighted by Gasteiger charge is 2.33. The van der Waals surface area contributed by atoms with Gasteiger partial charge in [-0.25, -0.2) is 19.7 Å². The van der Waals surface area contributed by atoms with Gasteiger partial charge >= 0.3 is 6.09 Å². The summed E-state index contributed by atoms with van der Waals surface area (Å²) >= 11 is 0. The van der Waals surface area contributed by atoms with Crippen LogP contribution in [-0.2, 0) is 7.05 Å². The predicted molar refractivity (Wildman–Crippen MR) is 77.3 cm³/mol. The number of amides is 1. The van der Waals surface area contributed by atoms with Crippen LogP contribution in [0.1, 0.15) is 13.8 Å². The molecule has 1 aliphatic heterocycles. The van der Waals surface area contributed by atoms with E-state index in [0.29, 0.717) is 13.1 Å². The number of imidazole rings is 1. The SMILES string of the molecule is CC1CN(C(=O)O)CC(C)N1c1ncnc2c1ncn2C. The molecule has 1 aliphatic rings. The minimum absolute atomic E-state index is 0.0324. The Morgan fingerprint density at radius 1 is 1.24 bits per heavy atom. The number of anilines is 1. The summed E-state index contributed by atoms with van der Waals surface area (Å²) < 4.78 is 1.85. The van der Waals surface area contributed by atoms with E-state index in [2.05, 4.69) is 19.9 Å². The molecule has 8 nitrogen and oxygen atoms in total. The van der Waals surface area contributed by atoms with Gasteiger partial charge in [-0.15, -0.1) is 0 Å². The van der Waals surface area contributed by atoms with Crippen LogP contribution in [0.3, 0.4) is 0 Å². The Labute approximate surface area is 122 Å². The molecule has 1 saturated heterocycles. The minimum atomic E-state index is -0.876. The molecule has 2 atom stereocenters. The van der Waals surface area contributed by atoms with Crippen molar-refractivity contribution in [1.29, 1.82) is 0 Å². The first kappa shape index (κ1) is 13.6. The van der Waals surface area contributed by atoms with E-state index in [0.717, 1.165) is 17.0 Å². The first-order chi connectivity index (χ1) is 9.99. The van der Waals surface area contributed by atoms with Crippen LogP contribution < -0.4 is 4.90 Å². The fraction of sp³-hybridized carbons (Fsp3) is 0.538. The lowest BCUT2D eigenvalue weighted by molar-refractivity contribution is 0.128. The smallest absolute Gasteiger partial charge is 0.407 e. The number of hydrogen-bond acceptors (Lipinski definition) is 5. The Hall–Kier alpha value is -2.38. The Kier molecular flexibility index (Phi) is 3.15. The number of nitrogens with zero attached hydrogens (tertiary/aromatic N) is 6. The highest BCUT2D eigenvalue weighted by atomic mass is 16.4. The van der Waals surface area contributed by atoms with E-state index in [1.54, 1.807) is 6.33 Å². The largest absolute Gasteiger partial charge is 0.465 e. The van der Waals surface area contributed by atoms with Crippen molar-refractivity contribution in [2.24, 2.45) is 7.05 Å². The van der Waals surface area contributed by atoms with Crippen LogP contribution in [0.15, 0.2) is 12.7 Å². The number of aromatic nitrogens is 4. The number of aryl methyl sites for hydroxylation is 1. The highest BCUT2D eigenvalue weighted by molar-refractivity contribution is 5.83. The van der Waals surface area contributed by atoms with E-state index in [1.165, 1.54) is 11.2 Å². The van der Waals surface area contributed by atoms with Gasteiger partial charge in [0, 0.05) is 32.2 Å². The summed E-state index contributed by atoms with van der Waals surface area (Å²) in [7, 11) is 1.89. The van der Waals surface area contributed by atoms with E-state index in [9.17, 15) is 9.90 Å². The van der Waals surface area contributed by atoms with Crippen LogP contribution in [0, 0.1) is 0 Å². The zero-order chi connectivity index (χ0) is 15.1. The van der Waals surface area contributed by atoms with Gasteiger partial charge in [0.15, 0.2) is 17.0 Å². The summed E-state index contributed by atoms with van der Waals surface area (Å²) in [6, 6.07) is 0.0647. The molecule has 2 aromatic rings. The quantitative estimate of drug-likeness (QED) is 0.841. The van der Waals surface area contributed by atoms with E-state index in [-0.39, 0.29) is 12.1 Å². The van der Waals surface area contributed by atoms with Gasteiger partial charge < -0.3 is 19.5 Å². The van der Waals surface area contributed by atoms with Crippen molar-refractivity contribution in [2.45, 2.75) is 25.9 Å². The van der Waals surface area contributed by atoms with Crippen LogP contribution in [-0.4, -0.2) is 60.8 Å². The van der Waals surface area contributed by atoms with Crippen molar-refractivity contribution in [1.82, 2.24) is 24.4 Å². The first-order valence-corrected chi connectivity index (χ1v) is 6.87. The van der Waals surface area contributed by atoms with Crippen molar-refractivity contribution >= 4 is 23.1 Å². The molecule has 8 heteroatoms. The summed E-state index contributed by atoms with van der Waals surface area (Å²) in [5.41, 5.74) is 1.53. The van der Waals surface area contributed by atoms with E-state index in [4.69, 9.17) is 0 Å². The Morgan fingerprint density at radius 2 is 1.90 bits per heavy atom. The molecular weight excluding hydrogens is 272 g/mol. The maximum Gasteiger partial charge on any atom is 0.407 e. The number of piperazine rings is 1. The fourth-order valence-electron chi connectivity index (χ4n) is 3.02. The van der Waals surface area contributed by atoms with Crippen LogP contribution in [0.25, 0.3) is 11.2 Å². The van der Waals surface area contributed by atoms with Gasteiger partial charge in [0.05, 0.1) is 6.33 Å². The molecule has 0 aliphatic carbocycles. The van der Waals surface area contributed by atoms with E-state index in [1.807, 2.05) is 25.5 Å². The lowest BCUT2D eigenvalue weighted by Crippen LogP contribution is -2.58. The normalized spacial score (nSPS) is 22.8. The molecular formula is C13H18N6O2. The molecule has 1 N–H and O–H groups in total. The molecule has 1 amide bonds. The van der Waals surface area contributed by atoms with Gasteiger partial charge in [0.1, 0.15) is 6.33 Å². The van der Waals surface area contributed by atoms with Gasteiger partial charge in [-0.1, -0.05) is 0 Å². The van der Waals surface area contributed by atoms with Crippen LogP contribution in [0.5, 0.6) is 0 Å². The number of fused-ring (bicyclic) bond motifs is 1. The molecule has 2 aromatic heterocycles. The van der Waals surface area contributed by atoms with E-state index >= 15 is 0 Å². The molecule has 0 aromatic carbocycles. The molecule has 21 heavy (non-hydrogen) atoms. The van der Waals surface area contributed by atoms with Crippen molar-refractivity contribution < 1.29 is 9.90 Å². The average molecular weight is 290 g/mol. The van der Waals surface area contributed by atoms with Crippen molar-refractivity contribution in [2.75, 3.05) is 18.0 Å². The summed E-state index contributed by atoms with van der Waals surface area (Å²) in [6.45, 7) is 4.92. The maximum absolute atomic E-state index is 11.2. The molecule has 1 fully saturated rings. The Balaban J connectivity index is 2.00. The Morgan fingerprint density at radius 3 is 2.52 bits per heavy atom. The molecule has 2 unspecified atom stereocenters. The topological polar surface area (TPSA) is 87.4 Å². The van der Waals surface area contributed by atoms with Gasteiger partial charge in [-0.05, 0) is 13.8 Å². The minimum Gasteiger partial charge on any atom is -0.465 e. The summed E-state index contributed by atoms with van der Waals surface area (Å²) in [4.78, 5) is 27.8. The summed E-state index contributed by atoms with van der Waals surface area (Å²) in [6.07, 6.45) is 2.37. The predicted octanol–water partition coefficient (Wildman–Crippen LogP) is 0.940. The lowest BCUT2D eigenvalue weighted by atomic mass is 10.1. The highest BCUT2D eigenvalue weighted by Crippen LogP contribution is 2.27. The standard InChI is InChI=1S/C13H18N6O2/c1-8-4-18(13(20)21)5-9(2)19(8)12-10-11(14-6-15-12)17(3)7-16-10/h6-9H,4-5H2,1-3H3,(H,20,21). The van der Waals surface area contributed by atoms with Gasteiger partial charge in [0.25, 0.3) is 0 Å². The van der Waals surface area contributed by atoms with Crippen LogP contribution in [0.4, 0.5) is 10.6 Å². The average Bonchev–Trinajstić information content (AvgIpc) is 2.80. The van der Waals surface area contributed by atoms with Gasteiger partial charge in [0.2, 0.25) is 0 Å². The second kappa shape index (κ2) is 4.87. The third-order valence-electron chi connectivity index (χ3n) is 3.91. The molecule has 0 radical (unpaired) electrons. The van der Waals surface area contributed by atoms with E-state index < -0.39 is 6.09 Å². The zero-order valence-electron chi connectivity index (χ0n) is 12.3. The summed E-state index contributed by atoms with van der Waals surface area (Å²) in [5, 5.41) is 9.17. The molecule has 3 rings (SSSR count). The van der Waals surface area contributed by atoms with Crippen molar-refractivity contribution in [3.63, 3.8) is 0 Å². The Bertz CT molecular complexity index is 672. The molecule has 0 bridgehead atoms.